The number of fused-ring (bicyclic) bond motifs is 1. The summed E-state index contributed by atoms with van der Waals surface area (Å²) in [4.78, 5) is 25.6. The summed E-state index contributed by atoms with van der Waals surface area (Å²) in [5.74, 6) is 0. The van der Waals surface area contributed by atoms with Crippen LogP contribution in [0, 0.1) is 0 Å². The Bertz CT molecular complexity index is 744. The van der Waals surface area contributed by atoms with Crippen molar-refractivity contribution in [3.05, 3.63) is 47.9 Å². The standard InChI is InChI=1S/C19H22N4O2/c24-19(23-10-12-25-13-11-23)22-8-6-16-17(7-9-22)20-14-21-18(16)15-4-2-1-3-5-15/h1-5,14H,6-13H2. The minimum Gasteiger partial charge on any atom is -0.378 e. The van der Waals surface area contributed by atoms with Gasteiger partial charge in [-0.25, -0.2) is 14.8 Å². The fourth-order valence-corrected chi connectivity index (χ4v) is 3.52. The van der Waals surface area contributed by atoms with E-state index in [0.717, 1.165) is 29.8 Å². The first-order valence-corrected chi connectivity index (χ1v) is 8.83. The van der Waals surface area contributed by atoms with E-state index in [1.165, 1.54) is 5.56 Å². The highest BCUT2D eigenvalue weighted by molar-refractivity contribution is 5.75. The van der Waals surface area contributed by atoms with E-state index in [2.05, 4.69) is 22.1 Å². The number of benzene rings is 1. The number of aromatic nitrogens is 2. The van der Waals surface area contributed by atoms with Crippen LogP contribution in [0.1, 0.15) is 11.3 Å². The molecule has 1 fully saturated rings. The Morgan fingerprint density at radius 1 is 0.920 bits per heavy atom. The highest BCUT2D eigenvalue weighted by Crippen LogP contribution is 2.25. The number of nitrogens with zero attached hydrogens (tertiary/aromatic N) is 4. The maximum absolute atomic E-state index is 12.8. The molecule has 2 aromatic rings. The maximum atomic E-state index is 12.8. The van der Waals surface area contributed by atoms with Crippen LogP contribution in [0.3, 0.4) is 0 Å². The van der Waals surface area contributed by atoms with Crippen LogP contribution in [0.25, 0.3) is 11.3 Å². The highest BCUT2D eigenvalue weighted by Gasteiger charge is 2.26. The normalized spacial score (nSPS) is 17.8. The van der Waals surface area contributed by atoms with Crippen molar-refractivity contribution in [1.29, 1.82) is 0 Å². The van der Waals surface area contributed by atoms with Gasteiger partial charge in [0.05, 0.1) is 18.9 Å². The lowest BCUT2D eigenvalue weighted by Gasteiger charge is -2.32. The van der Waals surface area contributed by atoms with Crippen LogP contribution >= 0.6 is 0 Å². The molecular formula is C19H22N4O2. The molecule has 0 spiro atoms. The molecule has 1 saturated heterocycles. The first kappa shape index (κ1) is 16.0. The van der Waals surface area contributed by atoms with Gasteiger partial charge in [-0.05, 0) is 6.42 Å². The summed E-state index contributed by atoms with van der Waals surface area (Å²) < 4.78 is 5.35. The number of hydrogen-bond donors (Lipinski definition) is 0. The molecule has 4 rings (SSSR count). The quantitative estimate of drug-likeness (QED) is 0.798. The van der Waals surface area contributed by atoms with Crippen LogP contribution in [-0.4, -0.2) is 65.2 Å². The molecule has 0 N–H and O–H groups in total. The van der Waals surface area contributed by atoms with Crippen molar-refractivity contribution in [3.63, 3.8) is 0 Å². The first-order chi connectivity index (χ1) is 12.3. The smallest absolute Gasteiger partial charge is 0.320 e. The van der Waals surface area contributed by atoms with Crippen molar-refractivity contribution >= 4 is 6.03 Å². The van der Waals surface area contributed by atoms with Gasteiger partial charge in [0, 0.05) is 49.4 Å². The Labute approximate surface area is 147 Å². The minimum atomic E-state index is 0.116. The molecule has 0 saturated carbocycles. The van der Waals surface area contributed by atoms with Crippen LogP contribution in [0.15, 0.2) is 36.7 Å². The van der Waals surface area contributed by atoms with Gasteiger partial charge in [-0.2, -0.15) is 0 Å². The van der Waals surface area contributed by atoms with E-state index in [9.17, 15) is 4.79 Å². The molecule has 130 valence electrons. The van der Waals surface area contributed by atoms with Crippen molar-refractivity contribution < 1.29 is 9.53 Å². The molecule has 2 aliphatic rings. The second kappa shape index (κ2) is 7.19. The number of carbonyl (C=O) groups is 1. The van der Waals surface area contributed by atoms with Gasteiger partial charge in [0.1, 0.15) is 6.33 Å². The van der Waals surface area contributed by atoms with Gasteiger partial charge in [-0.1, -0.05) is 30.3 Å². The lowest BCUT2D eigenvalue weighted by atomic mass is 10.0. The molecule has 0 atom stereocenters. The monoisotopic (exact) mass is 338 g/mol. The molecule has 0 bridgehead atoms. The first-order valence-electron chi connectivity index (χ1n) is 8.83. The lowest BCUT2D eigenvalue weighted by Crippen LogP contribution is -2.48. The molecular weight excluding hydrogens is 316 g/mol. The number of amides is 2. The van der Waals surface area contributed by atoms with Crippen LogP contribution in [0.4, 0.5) is 4.79 Å². The second-order valence-corrected chi connectivity index (χ2v) is 6.38. The summed E-state index contributed by atoms with van der Waals surface area (Å²) >= 11 is 0. The number of urea groups is 1. The zero-order valence-electron chi connectivity index (χ0n) is 14.2. The van der Waals surface area contributed by atoms with E-state index in [0.29, 0.717) is 39.4 Å². The zero-order valence-corrected chi connectivity index (χ0v) is 14.2. The van der Waals surface area contributed by atoms with E-state index in [4.69, 9.17) is 4.74 Å². The van der Waals surface area contributed by atoms with Crippen LogP contribution in [0.5, 0.6) is 0 Å². The van der Waals surface area contributed by atoms with Crippen molar-refractivity contribution in [2.45, 2.75) is 12.8 Å². The van der Waals surface area contributed by atoms with Crippen molar-refractivity contribution in [3.8, 4) is 11.3 Å². The zero-order chi connectivity index (χ0) is 17.1. The van der Waals surface area contributed by atoms with Gasteiger partial charge in [0.2, 0.25) is 0 Å². The van der Waals surface area contributed by atoms with Crippen LogP contribution in [-0.2, 0) is 17.6 Å². The van der Waals surface area contributed by atoms with Gasteiger partial charge < -0.3 is 14.5 Å². The van der Waals surface area contributed by atoms with E-state index in [1.807, 2.05) is 28.0 Å². The predicted molar refractivity (Wildman–Crippen MR) is 94.2 cm³/mol. The highest BCUT2D eigenvalue weighted by atomic mass is 16.5. The Kier molecular flexibility index (Phi) is 4.61. The second-order valence-electron chi connectivity index (χ2n) is 6.38. The molecule has 0 unspecified atom stereocenters. The summed E-state index contributed by atoms with van der Waals surface area (Å²) in [6.45, 7) is 4.02. The van der Waals surface area contributed by atoms with E-state index >= 15 is 0 Å². The third kappa shape index (κ3) is 3.35. The van der Waals surface area contributed by atoms with Gasteiger partial charge in [-0.3, -0.25) is 0 Å². The maximum Gasteiger partial charge on any atom is 0.320 e. The summed E-state index contributed by atoms with van der Waals surface area (Å²) in [5.41, 5.74) is 4.33. The number of morpholine rings is 1. The Morgan fingerprint density at radius 2 is 1.64 bits per heavy atom. The molecule has 2 aliphatic heterocycles. The average molecular weight is 338 g/mol. The molecule has 0 aliphatic carbocycles. The van der Waals surface area contributed by atoms with E-state index in [-0.39, 0.29) is 6.03 Å². The largest absolute Gasteiger partial charge is 0.378 e. The van der Waals surface area contributed by atoms with Gasteiger partial charge in [0.25, 0.3) is 0 Å². The summed E-state index contributed by atoms with van der Waals surface area (Å²) in [6.07, 6.45) is 3.20. The molecule has 6 heteroatoms. The molecule has 1 aromatic heterocycles. The molecule has 25 heavy (non-hydrogen) atoms. The number of ether oxygens (including phenoxy) is 1. The molecule has 6 nitrogen and oxygen atoms in total. The van der Waals surface area contributed by atoms with Crippen molar-refractivity contribution in [2.24, 2.45) is 0 Å². The van der Waals surface area contributed by atoms with E-state index in [1.54, 1.807) is 6.33 Å². The number of rotatable bonds is 1. The molecule has 3 heterocycles. The Hall–Kier alpha value is -2.47. The SMILES string of the molecule is O=C(N1CCOCC1)N1CCc2ncnc(-c3ccccc3)c2CC1. The van der Waals surface area contributed by atoms with Gasteiger partial charge >= 0.3 is 6.03 Å². The third-order valence-electron chi connectivity index (χ3n) is 4.88. The molecule has 1 aromatic carbocycles. The fraction of sp³-hybridized carbons (Fsp3) is 0.421. The summed E-state index contributed by atoms with van der Waals surface area (Å²) in [7, 11) is 0. The number of carbonyl (C=O) groups excluding carboxylic acids is 1. The molecule has 2 amide bonds. The average Bonchev–Trinajstić information content (AvgIpc) is 2.91. The summed E-state index contributed by atoms with van der Waals surface area (Å²) in [5, 5.41) is 0. The topological polar surface area (TPSA) is 58.6 Å². The van der Waals surface area contributed by atoms with Gasteiger partial charge in [0.15, 0.2) is 0 Å². The fourth-order valence-electron chi connectivity index (χ4n) is 3.52. The van der Waals surface area contributed by atoms with Crippen molar-refractivity contribution in [1.82, 2.24) is 19.8 Å². The summed E-state index contributed by atoms with van der Waals surface area (Å²) in [6, 6.07) is 10.3. The number of hydrogen-bond acceptors (Lipinski definition) is 4. The third-order valence-corrected chi connectivity index (χ3v) is 4.88. The van der Waals surface area contributed by atoms with Crippen molar-refractivity contribution in [2.75, 3.05) is 39.4 Å². The Morgan fingerprint density at radius 3 is 2.44 bits per heavy atom. The van der Waals surface area contributed by atoms with E-state index < -0.39 is 0 Å². The predicted octanol–water partition coefficient (Wildman–Crippen LogP) is 2.00. The lowest BCUT2D eigenvalue weighted by molar-refractivity contribution is 0.0436. The van der Waals surface area contributed by atoms with Crippen LogP contribution in [0.2, 0.25) is 0 Å². The van der Waals surface area contributed by atoms with Crippen LogP contribution < -0.4 is 0 Å². The van der Waals surface area contributed by atoms with Gasteiger partial charge in [-0.15, -0.1) is 0 Å². The Balaban J connectivity index is 1.55. The minimum absolute atomic E-state index is 0.116. The molecule has 0 radical (unpaired) electrons.